The van der Waals surface area contributed by atoms with Crippen molar-refractivity contribution in [1.29, 1.82) is 0 Å². The predicted octanol–water partition coefficient (Wildman–Crippen LogP) is 5.24. The van der Waals surface area contributed by atoms with Gasteiger partial charge in [-0.25, -0.2) is 10.4 Å². The van der Waals surface area contributed by atoms with E-state index in [4.69, 9.17) is 0 Å². The lowest BCUT2D eigenvalue weighted by Crippen LogP contribution is -2.20. The molecule has 6 heteroatoms. The number of hydrogen-bond acceptors (Lipinski definition) is 4. The molecular weight excluding hydrogens is 400 g/mol. The summed E-state index contributed by atoms with van der Waals surface area (Å²) in [6.45, 7) is 1.86. The summed E-state index contributed by atoms with van der Waals surface area (Å²) in [6, 6.07) is 23.9. The smallest absolute Gasteiger partial charge is 0.272 e. The van der Waals surface area contributed by atoms with Crippen LogP contribution in [-0.4, -0.2) is 26.7 Å². The summed E-state index contributed by atoms with van der Waals surface area (Å²) in [5.41, 5.74) is 7.99. The third kappa shape index (κ3) is 3.58. The first-order valence-electron chi connectivity index (χ1n) is 10.2. The molecule has 0 radical (unpaired) electrons. The molecule has 0 saturated carbocycles. The van der Waals surface area contributed by atoms with Gasteiger partial charge in [0.2, 0.25) is 0 Å². The fourth-order valence-electron chi connectivity index (χ4n) is 3.77. The molecule has 3 aromatic carbocycles. The zero-order valence-electron chi connectivity index (χ0n) is 17.3. The monoisotopic (exact) mass is 420 g/mol. The molecule has 156 valence electrons. The number of phenols is 1. The van der Waals surface area contributed by atoms with E-state index in [1.165, 1.54) is 0 Å². The molecule has 0 aliphatic heterocycles. The van der Waals surface area contributed by atoms with Crippen molar-refractivity contribution in [2.45, 2.75) is 6.92 Å². The number of rotatable bonds is 4. The Kier molecular flexibility index (Phi) is 4.88. The Hall–Kier alpha value is -4.45. The number of nitrogens with one attached hydrogen (secondary N) is 2. The molecule has 1 amide bonds. The zero-order chi connectivity index (χ0) is 22.1. The molecule has 0 aliphatic carbocycles. The van der Waals surface area contributed by atoms with Gasteiger partial charge in [-0.05, 0) is 49.4 Å². The van der Waals surface area contributed by atoms with E-state index in [2.05, 4.69) is 20.5 Å². The summed E-state index contributed by atoms with van der Waals surface area (Å²) in [5, 5.41) is 15.7. The van der Waals surface area contributed by atoms with Crippen LogP contribution in [0.4, 0.5) is 0 Å². The van der Waals surface area contributed by atoms with Crippen LogP contribution in [0.5, 0.6) is 5.75 Å². The summed E-state index contributed by atoms with van der Waals surface area (Å²) in [7, 11) is 0. The van der Waals surface area contributed by atoms with Gasteiger partial charge < -0.3 is 10.1 Å². The van der Waals surface area contributed by atoms with E-state index in [1.807, 2.05) is 61.7 Å². The van der Waals surface area contributed by atoms with Crippen molar-refractivity contribution in [2.24, 2.45) is 5.10 Å². The fourth-order valence-corrected chi connectivity index (χ4v) is 3.77. The maximum Gasteiger partial charge on any atom is 0.272 e. The molecule has 5 aromatic rings. The second-order valence-corrected chi connectivity index (χ2v) is 7.51. The molecule has 3 N–H and O–H groups in total. The van der Waals surface area contributed by atoms with E-state index < -0.39 is 0 Å². The maximum atomic E-state index is 13.1. The van der Waals surface area contributed by atoms with Crippen molar-refractivity contribution in [3.8, 4) is 17.0 Å². The molecular formula is C26H20N4O2. The summed E-state index contributed by atoms with van der Waals surface area (Å²) < 4.78 is 0. The quantitative estimate of drug-likeness (QED) is 0.274. The predicted molar refractivity (Wildman–Crippen MR) is 127 cm³/mol. The van der Waals surface area contributed by atoms with E-state index in [0.29, 0.717) is 22.5 Å². The van der Waals surface area contributed by atoms with Gasteiger partial charge in [0.25, 0.3) is 5.91 Å². The lowest BCUT2D eigenvalue weighted by atomic mass is 10.0. The number of H-pyrrole nitrogens is 1. The van der Waals surface area contributed by atoms with E-state index in [0.717, 1.165) is 27.4 Å². The van der Waals surface area contributed by atoms with E-state index in [9.17, 15) is 9.90 Å². The van der Waals surface area contributed by atoms with Crippen molar-refractivity contribution < 1.29 is 9.90 Å². The summed E-state index contributed by atoms with van der Waals surface area (Å²) in [6.07, 6.45) is 1.89. The first-order chi connectivity index (χ1) is 15.6. The molecule has 2 heterocycles. The lowest BCUT2D eigenvalue weighted by Gasteiger charge is -2.09. The van der Waals surface area contributed by atoms with Gasteiger partial charge in [-0.3, -0.25) is 4.79 Å². The number of para-hydroxylation sites is 2. The van der Waals surface area contributed by atoms with Crippen molar-refractivity contribution in [2.75, 3.05) is 0 Å². The van der Waals surface area contributed by atoms with Gasteiger partial charge >= 0.3 is 0 Å². The third-order valence-electron chi connectivity index (χ3n) is 5.43. The number of hydrogen-bond donors (Lipinski definition) is 3. The fraction of sp³-hybridized carbons (Fsp3) is 0.0385. The van der Waals surface area contributed by atoms with Crippen LogP contribution in [0.15, 0.2) is 90.2 Å². The summed E-state index contributed by atoms with van der Waals surface area (Å²) in [5.74, 6) is -0.141. The average molecular weight is 420 g/mol. The minimum absolute atomic E-state index is 0.176. The molecule has 0 saturated heterocycles. The highest BCUT2D eigenvalue weighted by Crippen LogP contribution is 2.26. The minimum Gasteiger partial charge on any atom is -0.508 e. The first-order valence-corrected chi connectivity index (χ1v) is 10.2. The number of amides is 1. The molecule has 0 spiro atoms. The number of carbonyl (C=O) groups is 1. The largest absolute Gasteiger partial charge is 0.508 e. The second kappa shape index (κ2) is 8.00. The van der Waals surface area contributed by atoms with E-state index in [1.54, 1.807) is 30.3 Å². The Morgan fingerprint density at radius 1 is 0.938 bits per heavy atom. The Bertz CT molecular complexity index is 1480. The molecule has 5 rings (SSSR count). The molecule has 0 unspecified atom stereocenters. The van der Waals surface area contributed by atoms with Crippen LogP contribution < -0.4 is 5.43 Å². The van der Waals surface area contributed by atoms with Crippen LogP contribution in [0.2, 0.25) is 0 Å². The number of nitrogens with zero attached hydrogens (tertiary/aromatic N) is 2. The van der Waals surface area contributed by atoms with Crippen LogP contribution >= 0.6 is 0 Å². The number of aromatic nitrogens is 2. The molecule has 6 nitrogen and oxygen atoms in total. The molecule has 0 atom stereocenters. The zero-order valence-corrected chi connectivity index (χ0v) is 17.3. The lowest BCUT2D eigenvalue weighted by molar-refractivity contribution is 0.0956. The number of hydrazone groups is 1. The topological polar surface area (TPSA) is 90.4 Å². The number of pyridine rings is 1. The normalized spacial score (nSPS) is 11.7. The maximum absolute atomic E-state index is 13.1. The molecule has 0 aliphatic rings. The average Bonchev–Trinajstić information content (AvgIpc) is 3.26. The SMILES string of the molecule is C/C(=N\NC(=O)c1cc(-c2ccc(O)cc2)nc2ccccc12)c1c[nH]c2ccccc12. The molecule has 0 fully saturated rings. The van der Waals surface area contributed by atoms with Crippen LogP contribution in [0, 0.1) is 0 Å². The van der Waals surface area contributed by atoms with Crippen molar-refractivity contribution in [3.63, 3.8) is 0 Å². The molecule has 0 bridgehead atoms. The second-order valence-electron chi connectivity index (χ2n) is 7.51. The Balaban J connectivity index is 1.51. The number of benzene rings is 3. The number of carbonyl (C=O) groups excluding carboxylic acids is 1. The Morgan fingerprint density at radius 2 is 1.66 bits per heavy atom. The van der Waals surface area contributed by atoms with Gasteiger partial charge in [0.1, 0.15) is 5.75 Å². The van der Waals surface area contributed by atoms with Gasteiger partial charge in [-0.15, -0.1) is 0 Å². The number of fused-ring (bicyclic) bond motifs is 2. The first kappa shape index (κ1) is 19.5. The minimum atomic E-state index is -0.317. The number of phenolic OH excluding ortho intramolecular Hbond substituents is 1. The van der Waals surface area contributed by atoms with Crippen molar-refractivity contribution in [3.05, 3.63) is 96.2 Å². The third-order valence-corrected chi connectivity index (χ3v) is 5.43. The van der Waals surface area contributed by atoms with Crippen LogP contribution in [0.1, 0.15) is 22.8 Å². The number of aromatic amines is 1. The molecule has 32 heavy (non-hydrogen) atoms. The van der Waals surface area contributed by atoms with Gasteiger partial charge in [0, 0.05) is 33.6 Å². The van der Waals surface area contributed by atoms with E-state index >= 15 is 0 Å². The number of aromatic hydroxyl groups is 1. The summed E-state index contributed by atoms with van der Waals surface area (Å²) >= 11 is 0. The highest BCUT2D eigenvalue weighted by Gasteiger charge is 2.14. The van der Waals surface area contributed by atoms with E-state index in [-0.39, 0.29) is 11.7 Å². The van der Waals surface area contributed by atoms with Gasteiger partial charge in [0.15, 0.2) is 0 Å². The summed E-state index contributed by atoms with van der Waals surface area (Å²) in [4.78, 5) is 21.0. The standard InChI is InChI=1S/C26H20N4O2/c1-16(22-15-27-23-8-4-2-7-20(22)23)29-30-26(32)21-14-25(17-10-12-18(31)13-11-17)28-24-9-5-3-6-19(21)24/h2-15,27,31H,1H3,(H,30,32)/b29-16+. The van der Waals surface area contributed by atoms with Gasteiger partial charge in [-0.2, -0.15) is 5.10 Å². The van der Waals surface area contributed by atoms with Gasteiger partial charge in [0.05, 0.1) is 22.5 Å². The Morgan fingerprint density at radius 3 is 2.47 bits per heavy atom. The van der Waals surface area contributed by atoms with Gasteiger partial charge in [-0.1, -0.05) is 36.4 Å². The van der Waals surface area contributed by atoms with Crippen LogP contribution in [0.3, 0.4) is 0 Å². The van der Waals surface area contributed by atoms with Crippen molar-refractivity contribution >= 4 is 33.4 Å². The van der Waals surface area contributed by atoms with Crippen LogP contribution in [-0.2, 0) is 0 Å². The highest BCUT2D eigenvalue weighted by atomic mass is 16.3. The molecule has 2 aromatic heterocycles. The highest BCUT2D eigenvalue weighted by molar-refractivity contribution is 6.11. The Labute approximate surface area is 184 Å². The van der Waals surface area contributed by atoms with Crippen molar-refractivity contribution in [1.82, 2.24) is 15.4 Å². The van der Waals surface area contributed by atoms with Crippen LogP contribution in [0.25, 0.3) is 33.1 Å².